The van der Waals surface area contributed by atoms with Crippen LogP contribution in [0.1, 0.15) is 132 Å². The normalized spacial score (nSPS) is 18.1. The van der Waals surface area contributed by atoms with Gasteiger partial charge in [0.1, 0.15) is 18.4 Å². The summed E-state index contributed by atoms with van der Waals surface area (Å²) in [4.78, 5) is 102. The molecule has 1 aromatic carbocycles. The number of benzene rings is 1. The molecule has 6 amide bonds. The van der Waals surface area contributed by atoms with Crippen LogP contribution >= 0.6 is 0 Å². The Kier molecular flexibility index (Phi) is 21.2. The van der Waals surface area contributed by atoms with Crippen molar-refractivity contribution in [3.05, 3.63) is 35.9 Å². The Balaban J connectivity index is 1.62. The van der Waals surface area contributed by atoms with Crippen molar-refractivity contribution in [2.45, 2.75) is 163 Å². The average Bonchev–Trinajstić information content (AvgIpc) is 3.54. The first-order chi connectivity index (χ1) is 30.8. The lowest BCUT2D eigenvalue weighted by Gasteiger charge is -2.31. The minimum Gasteiger partial charge on any atom is -0.479 e. The number of esters is 1. The summed E-state index contributed by atoms with van der Waals surface area (Å²) in [6.07, 6.45) is 1.96. The Hall–Kier alpha value is -5.40. The summed E-state index contributed by atoms with van der Waals surface area (Å²) >= 11 is 0. The van der Waals surface area contributed by atoms with Crippen LogP contribution < -0.4 is 26.0 Å². The number of aliphatic hydroxyl groups is 1. The topological polar surface area (TPSA) is 265 Å². The Morgan fingerprint density at radius 1 is 0.848 bits per heavy atom. The third kappa shape index (κ3) is 19.6. The van der Waals surface area contributed by atoms with Gasteiger partial charge >= 0.3 is 11.9 Å². The van der Waals surface area contributed by atoms with Gasteiger partial charge in [0, 0.05) is 69.5 Å². The van der Waals surface area contributed by atoms with Gasteiger partial charge in [-0.3, -0.25) is 38.5 Å². The number of carbonyl (C=O) groups is 8. The highest BCUT2D eigenvalue weighted by Crippen LogP contribution is 2.31. The molecule has 4 atom stereocenters. The fourth-order valence-electron chi connectivity index (χ4n) is 6.66. The first kappa shape index (κ1) is 54.9. The van der Waals surface area contributed by atoms with Crippen molar-refractivity contribution in [3.63, 3.8) is 0 Å². The van der Waals surface area contributed by atoms with Gasteiger partial charge in [-0.25, -0.2) is 4.79 Å². The number of nitrogens with one attached hydrogen (secondary N) is 4. The lowest BCUT2D eigenvalue weighted by Crippen LogP contribution is -2.47. The van der Waals surface area contributed by atoms with Crippen LogP contribution in [0.4, 0.5) is 5.69 Å². The molecule has 2 aliphatic heterocycles. The number of carboxylic acids is 1. The molecule has 66 heavy (non-hydrogen) atoms. The zero-order chi connectivity index (χ0) is 49.2. The number of aliphatic carboxylic acids is 1. The summed E-state index contributed by atoms with van der Waals surface area (Å²) in [6, 6.07) is 3.66. The molecule has 2 aliphatic rings. The van der Waals surface area contributed by atoms with Gasteiger partial charge in [0.2, 0.25) is 29.9 Å². The van der Waals surface area contributed by atoms with Gasteiger partial charge < -0.3 is 50.4 Å². The Bertz CT molecular complexity index is 1880. The van der Waals surface area contributed by atoms with E-state index < -0.39 is 59.1 Å². The summed E-state index contributed by atoms with van der Waals surface area (Å²) in [7, 11) is 0. The Morgan fingerprint density at radius 2 is 1.55 bits per heavy atom. The molecule has 0 saturated carbocycles. The van der Waals surface area contributed by atoms with Crippen LogP contribution in [0.5, 0.6) is 5.75 Å². The Labute approximate surface area is 387 Å². The number of imide groups is 1. The third-order valence-electron chi connectivity index (χ3n) is 10.7. The standard InChI is InChI=1S/C47H71N5O14/c1-45(2,3)44(62)63-29-30-16-17-34(65-40-28-31(53)27-35(66-40)42(59)60)33(26-30)51-37(55)20-23-48-41(58)32(50-36(54)15-10-9-13-24-52-38(56)18-19-39(52)57)14-11-12-22-49-43(61)47(7,8)21-25-64-46(4,5)6/h16-19,26,31-32,35,40,53H,9-15,20-25,27-29H2,1-8H3,(H,48,58)(H,49,61)(H,50,54)(H,51,55)(H,59,60)/t31?,32?,35-,40?/m0/s1. The lowest BCUT2D eigenvalue weighted by molar-refractivity contribution is -0.195. The molecule has 19 heteroatoms. The van der Waals surface area contributed by atoms with Crippen molar-refractivity contribution in [3.8, 4) is 5.75 Å². The molecule has 1 saturated heterocycles. The van der Waals surface area contributed by atoms with E-state index in [1.165, 1.54) is 24.3 Å². The maximum atomic E-state index is 13.5. The van der Waals surface area contributed by atoms with E-state index >= 15 is 0 Å². The fraction of sp³-hybridized carbons (Fsp3) is 0.660. The highest BCUT2D eigenvalue weighted by atomic mass is 16.7. The number of ether oxygens (including phenoxy) is 4. The summed E-state index contributed by atoms with van der Waals surface area (Å²) in [5, 5.41) is 31.0. The van der Waals surface area contributed by atoms with Crippen LogP contribution in [0.15, 0.2) is 30.4 Å². The van der Waals surface area contributed by atoms with Gasteiger partial charge in [-0.1, -0.05) is 26.3 Å². The molecule has 0 aliphatic carbocycles. The van der Waals surface area contributed by atoms with E-state index in [-0.39, 0.29) is 92.5 Å². The second kappa shape index (κ2) is 25.5. The lowest BCUT2D eigenvalue weighted by atomic mass is 9.88. The van der Waals surface area contributed by atoms with E-state index in [0.717, 1.165) is 4.90 Å². The van der Waals surface area contributed by atoms with Crippen molar-refractivity contribution in [1.82, 2.24) is 20.9 Å². The highest BCUT2D eigenvalue weighted by molar-refractivity contribution is 6.12. The maximum absolute atomic E-state index is 13.5. The van der Waals surface area contributed by atoms with Crippen molar-refractivity contribution < 1.29 is 67.5 Å². The molecule has 6 N–H and O–H groups in total. The van der Waals surface area contributed by atoms with E-state index in [2.05, 4.69) is 21.3 Å². The van der Waals surface area contributed by atoms with E-state index in [1.54, 1.807) is 26.8 Å². The molecule has 1 fully saturated rings. The van der Waals surface area contributed by atoms with Gasteiger partial charge in [-0.15, -0.1) is 0 Å². The van der Waals surface area contributed by atoms with E-state index in [0.29, 0.717) is 57.2 Å². The number of aliphatic hydroxyl groups excluding tert-OH is 1. The number of amides is 6. The SMILES string of the molecule is CC(C)(C)OCCC(C)(C)C(=O)NCCCCC(NC(=O)CCCCCN1C(=O)C=CC1=O)C(=O)NCCC(=O)Nc1cc(COC(=O)C(C)(C)C)ccc1OC1CC(O)C[C@@H](C(=O)O)O1. The maximum Gasteiger partial charge on any atom is 0.333 e. The monoisotopic (exact) mass is 929 g/mol. The first-order valence-electron chi connectivity index (χ1n) is 22.7. The number of carboxylic acid groups (broad SMARTS) is 1. The zero-order valence-electron chi connectivity index (χ0n) is 39.8. The molecule has 1 aromatic rings. The number of rotatable bonds is 26. The van der Waals surface area contributed by atoms with Crippen LogP contribution in [0.3, 0.4) is 0 Å². The van der Waals surface area contributed by atoms with Crippen LogP contribution in [-0.4, -0.2) is 119 Å². The van der Waals surface area contributed by atoms with Gasteiger partial charge in [-0.2, -0.15) is 0 Å². The number of unbranched alkanes of at least 4 members (excludes halogenated alkanes) is 3. The summed E-state index contributed by atoms with van der Waals surface area (Å²) < 4.78 is 22.7. The number of anilines is 1. The van der Waals surface area contributed by atoms with Crippen LogP contribution in [-0.2, 0) is 59.2 Å². The first-order valence-corrected chi connectivity index (χ1v) is 22.7. The molecule has 0 bridgehead atoms. The van der Waals surface area contributed by atoms with Crippen molar-refractivity contribution in [1.29, 1.82) is 0 Å². The van der Waals surface area contributed by atoms with E-state index in [4.69, 9.17) is 18.9 Å². The average molecular weight is 930 g/mol. The molecular formula is C47H71N5O14. The summed E-state index contributed by atoms with van der Waals surface area (Å²) in [6.45, 7) is 15.4. The highest BCUT2D eigenvalue weighted by Gasteiger charge is 2.35. The second-order valence-corrected chi connectivity index (χ2v) is 19.3. The van der Waals surface area contributed by atoms with Gasteiger partial charge in [0.15, 0.2) is 6.10 Å². The summed E-state index contributed by atoms with van der Waals surface area (Å²) in [5.74, 6) is -3.93. The Morgan fingerprint density at radius 3 is 2.20 bits per heavy atom. The molecule has 0 radical (unpaired) electrons. The third-order valence-corrected chi connectivity index (χ3v) is 10.7. The largest absolute Gasteiger partial charge is 0.479 e. The van der Waals surface area contributed by atoms with Crippen LogP contribution in [0.2, 0.25) is 0 Å². The smallest absolute Gasteiger partial charge is 0.333 e. The molecule has 0 aromatic heterocycles. The molecule has 19 nitrogen and oxygen atoms in total. The summed E-state index contributed by atoms with van der Waals surface area (Å²) in [5.41, 5.74) is -1.11. The number of nitrogens with zero attached hydrogens (tertiary/aromatic N) is 1. The van der Waals surface area contributed by atoms with Crippen molar-refractivity contribution in [2.24, 2.45) is 10.8 Å². The molecular weight excluding hydrogens is 859 g/mol. The van der Waals surface area contributed by atoms with Crippen molar-refractivity contribution >= 4 is 53.1 Å². The minimum absolute atomic E-state index is 0.0344. The quantitative estimate of drug-likeness (QED) is 0.0435. The number of hydrogen-bond donors (Lipinski definition) is 6. The van der Waals surface area contributed by atoms with Gasteiger partial charge in [0.25, 0.3) is 11.8 Å². The molecule has 0 spiro atoms. The number of carbonyl (C=O) groups excluding carboxylic acids is 7. The molecule has 368 valence electrons. The van der Waals surface area contributed by atoms with E-state index in [9.17, 15) is 48.6 Å². The van der Waals surface area contributed by atoms with Crippen LogP contribution in [0, 0.1) is 10.8 Å². The second-order valence-electron chi connectivity index (χ2n) is 19.3. The minimum atomic E-state index is -1.31. The van der Waals surface area contributed by atoms with Gasteiger partial charge in [-0.05, 0) is 97.8 Å². The van der Waals surface area contributed by atoms with E-state index in [1.807, 2.05) is 34.6 Å². The zero-order valence-corrected chi connectivity index (χ0v) is 39.8. The molecule has 2 heterocycles. The molecule has 3 unspecified atom stereocenters. The van der Waals surface area contributed by atoms with Gasteiger partial charge in [0.05, 0.1) is 22.8 Å². The molecule has 3 rings (SSSR count). The van der Waals surface area contributed by atoms with Crippen molar-refractivity contribution in [2.75, 3.05) is 31.6 Å². The predicted octanol–water partition coefficient (Wildman–Crippen LogP) is 4.04. The predicted molar refractivity (Wildman–Crippen MR) is 241 cm³/mol. The van der Waals surface area contributed by atoms with Crippen LogP contribution in [0.25, 0.3) is 0 Å². The fourth-order valence-corrected chi connectivity index (χ4v) is 6.66. The number of hydrogen-bond acceptors (Lipinski definition) is 13.